The van der Waals surface area contributed by atoms with Crippen molar-refractivity contribution >= 4 is 11.9 Å². The number of carboxylic acids is 1. The largest absolute Gasteiger partial charge is 0.490 e. The van der Waals surface area contributed by atoms with E-state index < -0.39 is 17.4 Å². The van der Waals surface area contributed by atoms with Crippen LogP contribution in [0.25, 0.3) is 0 Å². The fourth-order valence-electron chi connectivity index (χ4n) is 2.08. The van der Waals surface area contributed by atoms with Gasteiger partial charge < -0.3 is 19.9 Å². The van der Waals surface area contributed by atoms with E-state index in [0.717, 1.165) is 12.8 Å². The van der Waals surface area contributed by atoms with Crippen LogP contribution in [0.5, 0.6) is 5.75 Å². The molecule has 0 atom stereocenters. The van der Waals surface area contributed by atoms with E-state index in [4.69, 9.17) is 14.6 Å². The van der Waals surface area contributed by atoms with Crippen LogP contribution in [0.3, 0.4) is 0 Å². The van der Waals surface area contributed by atoms with Gasteiger partial charge in [-0.3, -0.25) is 4.79 Å². The maximum absolute atomic E-state index is 12.0. The van der Waals surface area contributed by atoms with Crippen LogP contribution in [0, 0.1) is 0 Å². The van der Waals surface area contributed by atoms with Gasteiger partial charge in [0.2, 0.25) is 0 Å². The second kappa shape index (κ2) is 6.79. The van der Waals surface area contributed by atoms with Gasteiger partial charge in [0.25, 0.3) is 5.91 Å². The number of hydrogen-bond acceptors (Lipinski definition) is 4. The summed E-state index contributed by atoms with van der Waals surface area (Å²) >= 11 is 0. The third-order valence-electron chi connectivity index (χ3n) is 3.55. The molecule has 0 aromatic heterocycles. The zero-order valence-electron chi connectivity index (χ0n) is 12.8. The number of carbonyl (C=O) groups excluding carboxylic acids is 1. The number of hydrogen-bond donors (Lipinski definition) is 2. The molecule has 6 nitrogen and oxygen atoms in total. The molecule has 1 aliphatic heterocycles. The third-order valence-corrected chi connectivity index (χ3v) is 3.55. The van der Waals surface area contributed by atoms with Crippen molar-refractivity contribution in [3.8, 4) is 5.75 Å². The molecule has 0 unspecified atom stereocenters. The minimum Gasteiger partial charge on any atom is -0.490 e. The smallest absolute Gasteiger partial charge is 0.328 e. The number of nitrogens with one attached hydrogen (secondary N) is 1. The van der Waals surface area contributed by atoms with Gasteiger partial charge in [-0.25, -0.2) is 4.79 Å². The number of rotatable bonds is 5. The Labute approximate surface area is 129 Å². The van der Waals surface area contributed by atoms with Gasteiger partial charge in [0, 0.05) is 18.4 Å². The van der Waals surface area contributed by atoms with Gasteiger partial charge in [-0.1, -0.05) is 0 Å². The first-order valence-electron chi connectivity index (χ1n) is 7.29. The van der Waals surface area contributed by atoms with E-state index in [9.17, 15) is 9.59 Å². The van der Waals surface area contributed by atoms with Crippen molar-refractivity contribution in [2.45, 2.75) is 38.3 Å². The van der Waals surface area contributed by atoms with Crippen LogP contribution in [0.4, 0.5) is 0 Å². The minimum atomic E-state index is -1.31. The molecule has 1 amide bonds. The molecule has 22 heavy (non-hydrogen) atoms. The molecule has 0 spiro atoms. The summed E-state index contributed by atoms with van der Waals surface area (Å²) in [6.07, 6.45) is 1.85. The first kappa shape index (κ1) is 16.3. The Morgan fingerprint density at radius 1 is 1.23 bits per heavy atom. The molecule has 0 saturated carbocycles. The van der Waals surface area contributed by atoms with Crippen molar-refractivity contribution in [2.24, 2.45) is 0 Å². The molecular weight excluding hydrogens is 286 g/mol. The minimum absolute atomic E-state index is 0.138. The van der Waals surface area contributed by atoms with Crippen molar-refractivity contribution in [3.63, 3.8) is 0 Å². The molecule has 1 fully saturated rings. The van der Waals surface area contributed by atoms with E-state index >= 15 is 0 Å². The Morgan fingerprint density at radius 3 is 2.36 bits per heavy atom. The lowest BCUT2D eigenvalue weighted by atomic mass is 10.1. The highest BCUT2D eigenvalue weighted by atomic mass is 16.5. The molecule has 1 aromatic rings. The molecule has 6 heteroatoms. The summed E-state index contributed by atoms with van der Waals surface area (Å²) in [4.78, 5) is 23.1. The van der Waals surface area contributed by atoms with Crippen LogP contribution in [0.2, 0.25) is 0 Å². The normalized spacial score (nSPS) is 16.1. The summed E-state index contributed by atoms with van der Waals surface area (Å²) in [6, 6.07) is 6.69. The third kappa shape index (κ3) is 4.21. The highest BCUT2D eigenvalue weighted by Gasteiger charge is 2.29. The van der Waals surface area contributed by atoms with Gasteiger partial charge in [0.05, 0.1) is 13.2 Å². The summed E-state index contributed by atoms with van der Waals surface area (Å²) in [5.74, 6) is -0.814. The lowest BCUT2D eigenvalue weighted by Gasteiger charge is -2.23. The molecule has 120 valence electrons. The van der Waals surface area contributed by atoms with Gasteiger partial charge in [-0.05, 0) is 38.1 Å². The van der Waals surface area contributed by atoms with Crippen molar-refractivity contribution < 1.29 is 24.2 Å². The SMILES string of the molecule is CC(C)(NC(=O)c1ccc(OC2CCOCC2)cc1)C(=O)O. The van der Waals surface area contributed by atoms with Gasteiger partial charge in [0.15, 0.2) is 0 Å². The second-order valence-corrected chi connectivity index (χ2v) is 5.84. The summed E-state index contributed by atoms with van der Waals surface area (Å²) in [5.41, 5.74) is -0.914. The van der Waals surface area contributed by atoms with E-state index in [1.54, 1.807) is 24.3 Å². The predicted molar refractivity (Wildman–Crippen MR) is 80.1 cm³/mol. The first-order valence-corrected chi connectivity index (χ1v) is 7.29. The summed E-state index contributed by atoms with van der Waals surface area (Å²) in [6.45, 7) is 4.29. The topological polar surface area (TPSA) is 84.9 Å². The van der Waals surface area contributed by atoms with Crippen LogP contribution in [0.15, 0.2) is 24.3 Å². The Kier molecular flexibility index (Phi) is 5.03. The molecule has 1 aliphatic rings. The number of benzene rings is 1. The van der Waals surface area contributed by atoms with Gasteiger partial charge >= 0.3 is 5.97 Å². The molecule has 0 bridgehead atoms. The maximum atomic E-state index is 12.0. The fourth-order valence-corrected chi connectivity index (χ4v) is 2.08. The number of carbonyl (C=O) groups is 2. The molecule has 1 heterocycles. The van der Waals surface area contributed by atoms with E-state index in [0.29, 0.717) is 24.5 Å². The van der Waals surface area contributed by atoms with Crippen molar-refractivity contribution in [3.05, 3.63) is 29.8 Å². The lowest BCUT2D eigenvalue weighted by molar-refractivity contribution is -0.143. The molecule has 0 aliphatic carbocycles. The van der Waals surface area contributed by atoms with Crippen LogP contribution in [-0.4, -0.2) is 41.8 Å². The van der Waals surface area contributed by atoms with Crippen molar-refractivity contribution in [1.82, 2.24) is 5.32 Å². The zero-order valence-corrected chi connectivity index (χ0v) is 12.8. The Morgan fingerprint density at radius 2 is 1.82 bits per heavy atom. The highest BCUT2D eigenvalue weighted by Crippen LogP contribution is 2.19. The van der Waals surface area contributed by atoms with Gasteiger partial charge in [0.1, 0.15) is 17.4 Å². The van der Waals surface area contributed by atoms with Crippen LogP contribution < -0.4 is 10.1 Å². The first-order chi connectivity index (χ1) is 10.4. The number of carboxylic acid groups (broad SMARTS) is 1. The van der Waals surface area contributed by atoms with Crippen LogP contribution >= 0.6 is 0 Å². The van der Waals surface area contributed by atoms with E-state index in [-0.39, 0.29) is 6.10 Å². The monoisotopic (exact) mass is 307 g/mol. The van der Waals surface area contributed by atoms with E-state index in [1.807, 2.05) is 0 Å². The van der Waals surface area contributed by atoms with E-state index in [2.05, 4.69) is 5.32 Å². The fraction of sp³-hybridized carbons (Fsp3) is 0.500. The molecule has 2 rings (SSSR count). The number of ether oxygens (including phenoxy) is 2. The Bertz CT molecular complexity index is 532. The van der Waals surface area contributed by atoms with Crippen molar-refractivity contribution in [2.75, 3.05) is 13.2 Å². The summed E-state index contributed by atoms with van der Waals surface area (Å²) in [5, 5.41) is 11.5. The summed E-state index contributed by atoms with van der Waals surface area (Å²) in [7, 11) is 0. The number of aliphatic carboxylic acids is 1. The number of amides is 1. The predicted octanol–water partition coefficient (Wildman–Crippen LogP) is 1.84. The van der Waals surface area contributed by atoms with Crippen LogP contribution in [0.1, 0.15) is 37.0 Å². The average Bonchev–Trinajstić information content (AvgIpc) is 2.48. The standard InChI is InChI=1S/C16H21NO5/c1-16(2,15(19)20)17-14(18)11-3-5-12(6-4-11)22-13-7-9-21-10-8-13/h3-6,13H,7-10H2,1-2H3,(H,17,18)(H,19,20). The average molecular weight is 307 g/mol. The highest BCUT2D eigenvalue weighted by molar-refractivity contribution is 5.97. The van der Waals surface area contributed by atoms with Crippen molar-refractivity contribution in [1.29, 1.82) is 0 Å². The molecule has 1 saturated heterocycles. The van der Waals surface area contributed by atoms with E-state index in [1.165, 1.54) is 13.8 Å². The molecular formula is C16H21NO5. The molecule has 1 aromatic carbocycles. The van der Waals surface area contributed by atoms with Gasteiger partial charge in [-0.15, -0.1) is 0 Å². The summed E-state index contributed by atoms with van der Waals surface area (Å²) < 4.78 is 11.1. The van der Waals surface area contributed by atoms with Gasteiger partial charge in [-0.2, -0.15) is 0 Å². The Hall–Kier alpha value is -2.08. The lowest BCUT2D eigenvalue weighted by Crippen LogP contribution is -2.49. The Balaban J connectivity index is 1.96. The zero-order chi connectivity index (χ0) is 16.2. The maximum Gasteiger partial charge on any atom is 0.328 e. The molecule has 0 radical (unpaired) electrons. The van der Waals surface area contributed by atoms with Crippen LogP contribution in [-0.2, 0) is 9.53 Å². The second-order valence-electron chi connectivity index (χ2n) is 5.84. The quantitative estimate of drug-likeness (QED) is 0.867. The molecule has 2 N–H and O–H groups in total.